The van der Waals surface area contributed by atoms with E-state index >= 15 is 0 Å². The zero-order valence-electron chi connectivity index (χ0n) is 18.7. The van der Waals surface area contributed by atoms with Gasteiger partial charge in [0.25, 0.3) is 0 Å². The second-order valence-electron chi connectivity index (χ2n) is 7.61. The second kappa shape index (κ2) is 16.5. The number of aromatic carboxylic acids is 1. The van der Waals surface area contributed by atoms with Crippen molar-refractivity contribution in [2.24, 2.45) is 0 Å². The summed E-state index contributed by atoms with van der Waals surface area (Å²) in [6.45, 7) is 0.884. The summed E-state index contributed by atoms with van der Waals surface area (Å²) in [5.74, 6) is -1.58. The molecule has 0 aromatic heterocycles. The number of ether oxygens (including phenoxy) is 1. The topological polar surface area (TPSA) is 205 Å². The summed E-state index contributed by atoms with van der Waals surface area (Å²) in [5.41, 5.74) is -0.0160. The number of aliphatic hydroxyl groups excluding tert-OH is 7. The third-order valence-electron chi connectivity index (χ3n) is 3.65. The van der Waals surface area contributed by atoms with Crippen molar-refractivity contribution in [2.75, 3.05) is 47.5 Å². The van der Waals surface area contributed by atoms with Crippen LogP contribution in [0.1, 0.15) is 17.3 Å². The van der Waals surface area contributed by atoms with Crippen LogP contribution in [-0.2, 0) is 4.79 Å². The number of benzene rings is 1. The van der Waals surface area contributed by atoms with Gasteiger partial charge in [-0.2, -0.15) is 0 Å². The van der Waals surface area contributed by atoms with E-state index in [2.05, 4.69) is 25.9 Å². The Labute approximate surface area is 186 Å². The number of carboxylic acids is 1. The molecule has 0 aliphatic heterocycles. The molecule has 0 radical (unpaired) electrons. The number of likely N-dealkylation sites (N-methyl/N-ethyl adjacent to an activating group) is 1. The van der Waals surface area contributed by atoms with Gasteiger partial charge in [-0.3, -0.25) is 4.79 Å². The molecular formula is C20H36NO11+. The van der Waals surface area contributed by atoms with Crippen LogP contribution in [0.15, 0.2) is 24.3 Å². The van der Waals surface area contributed by atoms with E-state index in [0.717, 1.165) is 11.0 Å². The van der Waals surface area contributed by atoms with Crippen LogP contribution in [0, 0.1) is 0 Å². The number of hydrogen-bond donors (Lipinski definition) is 8. The second-order valence-corrected chi connectivity index (χ2v) is 7.61. The van der Waals surface area contributed by atoms with Gasteiger partial charge in [0.05, 0.1) is 41.0 Å². The molecule has 0 heterocycles. The number of carboxylic acid groups (broad SMARTS) is 1. The molecule has 1 aromatic carbocycles. The van der Waals surface area contributed by atoms with Gasteiger partial charge in [0.15, 0.2) is 0 Å². The lowest BCUT2D eigenvalue weighted by Gasteiger charge is -2.24. The SMILES string of the molecule is CC(=O)Oc1ccccc1C(=O)O.C[N+](C)(C)CCO.OC[C@@H](O)[C@@H](O)[C@H](O)[C@H](O)CO. The zero-order chi connectivity index (χ0) is 25.5. The van der Waals surface area contributed by atoms with Crippen molar-refractivity contribution in [2.45, 2.75) is 31.3 Å². The van der Waals surface area contributed by atoms with Crippen LogP contribution in [0.25, 0.3) is 0 Å². The Kier molecular flexibility index (Phi) is 16.5. The summed E-state index contributed by atoms with van der Waals surface area (Å²) in [5, 5.41) is 69.3. The Balaban J connectivity index is 0. The molecule has 0 aliphatic carbocycles. The van der Waals surface area contributed by atoms with Crippen LogP contribution in [0.4, 0.5) is 0 Å². The van der Waals surface area contributed by atoms with Crippen LogP contribution >= 0.6 is 0 Å². The molecule has 12 nitrogen and oxygen atoms in total. The first-order valence-corrected chi connectivity index (χ1v) is 9.57. The summed E-state index contributed by atoms with van der Waals surface area (Å²) in [4.78, 5) is 21.2. The minimum absolute atomic E-state index is 0.0160. The average molecular weight is 467 g/mol. The van der Waals surface area contributed by atoms with E-state index < -0.39 is 49.6 Å². The van der Waals surface area contributed by atoms with Gasteiger partial charge in [0.2, 0.25) is 0 Å². The van der Waals surface area contributed by atoms with Crippen molar-refractivity contribution >= 4 is 11.9 Å². The van der Waals surface area contributed by atoms with E-state index in [9.17, 15) is 9.59 Å². The Hall–Kier alpha value is -2.16. The lowest BCUT2D eigenvalue weighted by molar-refractivity contribution is -0.870. The first-order chi connectivity index (χ1) is 14.7. The number of carbonyl (C=O) groups is 2. The highest BCUT2D eigenvalue weighted by Gasteiger charge is 2.29. The Morgan fingerprint density at radius 2 is 1.34 bits per heavy atom. The highest BCUT2D eigenvalue weighted by molar-refractivity contribution is 5.91. The Bertz CT molecular complexity index is 649. The normalized spacial score (nSPS) is 14.5. The number of carbonyl (C=O) groups excluding carboxylic acids is 1. The number of aliphatic hydroxyl groups is 7. The average Bonchev–Trinajstić information content (AvgIpc) is 2.71. The monoisotopic (exact) mass is 466 g/mol. The molecule has 0 aliphatic rings. The van der Waals surface area contributed by atoms with Gasteiger partial charge >= 0.3 is 11.9 Å². The zero-order valence-corrected chi connectivity index (χ0v) is 18.7. The highest BCUT2D eigenvalue weighted by atomic mass is 16.5. The standard InChI is InChI=1S/C9H8O4.C6H14O6.C5H14NO/c1-6(10)13-8-5-3-2-4-7(8)9(11)12;7-1-3(9)5(11)6(12)4(10)2-8;1-6(2,3)4-5-7/h2-5H,1H3,(H,11,12);3-12H,1-2H2;7H,4-5H2,1-3H3/q;;+1/t;3-,4-,5-,6-;/m.1./s1. The predicted octanol–water partition coefficient (Wildman–Crippen LogP) is -2.59. The Morgan fingerprint density at radius 1 is 0.906 bits per heavy atom. The largest absolute Gasteiger partial charge is 0.478 e. The molecule has 0 saturated carbocycles. The van der Waals surface area contributed by atoms with Crippen molar-refractivity contribution in [3.05, 3.63) is 29.8 Å². The van der Waals surface area contributed by atoms with Crippen LogP contribution in [-0.4, -0.2) is 129 Å². The summed E-state index contributed by atoms with van der Waals surface area (Å²) in [6.07, 6.45) is -6.39. The lowest BCUT2D eigenvalue weighted by Crippen LogP contribution is -2.46. The van der Waals surface area contributed by atoms with Gasteiger partial charge in [-0.1, -0.05) is 12.1 Å². The Morgan fingerprint density at radius 3 is 1.62 bits per heavy atom. The molecule has 8 N–H and O–H groups in total. The molecule has 186 valence electrons. The first-order valence-electron chi connectivity index (χ1n) is 9.57. The minimum Gasteiger partial charge on any atom is -0.478 e. The maximum Gasteiger partial charge on any atom is 0.339 e. The fourth-order valence-corrected chi connectivity index (χ4v) is 1.86. The molecule has 32 heavy (non-hydrogen) atoms. The molecular weight excluding hydrogens is 430 g/mol. The maximum atomic E-state index is 10.6. The molecule has 12 heteroatoms. The third kappa shape index (κ3) is 14.8. The van der Waals surface area contributed by atoms with Crippen molar-refractivity contribution in [3.8, 4) is 5.75 Å². The number of rotatable bonds is 9. The van der Waals surface area contributed by atoms with E-state index in [0.29, 0.717) is 0 Å². The molecule has 1 rings (SSSR count). The lowest BCUT2D eigenvalue weighted by atomic mass is 10.0. The predicted molar refractivity (Wildman–Crippen MR) is 113 cm³/mol. The molecule has 0 saturated heterocycles. The fraction of sp³-hybridized carbons (Fsp3) is 0.600. The summed E-state index contributed by atoms with van der Waals surface area (Å²) >= 11 is 0. The van der Waals surface area contributed by atoms with Crippen molar-refractivity contribution in [1.82, 2.24) is 0 Å². The minimum atomic E-state index is -1.67. The number of hydrogen-bond acceptors (Lipinski definition) is 10. The molecule has 0 unspecified atom stereocenters. The first kappa shape index (κ1) is 32.0. The van der Waals surface area contributed by atoms with E-state index in [1.165, 1.54) is 19.1 Å². The maximum absolute atomic E-state index is 10.6. The van der Waals surface area contributed by atoms with Gasteiger partial charge in [-0.25, -0.2) is 4.79 Å². The van der Waals surface area contributed by atoms with Gasteiger partial charge in [-0.05, 0) is 12.1 Å². The number of esters is 1. The van der Waals surface area contributed by atoms with E-state index in [-0.39, 0.29) is 17.9 Å². The summed E-state index contributed by atoms with van der Waals surface area (Å²) in [6, 6.07) is 5.98. The fourth-order valence-electron chi connectivity index (χ4n) is 1.86. The highest BCUT2D eigenvalue weighted by Crippen LogP contribution is 2.17. The smallest absolute Gasteiger partial charge is 0.339 e. The van der Waals surface area contributed by atoms with E-state index in [4.69, 9.17) is 40.9 Å². The van der Waals surface area contributed by atoms with Crippen LogP contribution in [0.2, 0.25) is 0 Å². The number of quaternary nitrogens is 1. The van der Waals surface area contributed by atoms with Crippen molar-refractivity contribution < 1.29 is 59.7 Å². The van der Waals surface area contributed by atoms with Crippen molar-refractivity contribution in [1.29, 1.82) is 0 Å². The van der Waals surface area contributed by atoms with E-state index in [1.807, 2.05) is 0 Å². The molecule has 1 aromatic rings. The molecule has 0 amide bonds. The van der Waals surface area contributed by atoms with Gasteiger partial charge in [-0.15, -0.1) is 0 Å². The van der Waals surface area contributed by atoms with Crippen LogP contribution in [0.3, 0.4) is 0 Å². The number of nitrogens with zero attached hydrogens (tertiary/aromatic N) is 1. The van der Waals surface area contributed by atoms with Crippen molar-refractivity contribution in [3.63, 3.8) is 0 Å². The summed E-state index contributed by atoms with van der Waals surface area (Å²) in [7, 11) is 6.16. The number of para-hydroxylation sites is 1. The molecule has 0 spiro atoms. The quantitative estimate of drug-likeness (QED) is 0.108. The molecule has 0 bridgehead atoms. The van der Waals surface area contributed by atoms with Crippen LogP contribution < -0.4 is 4.74 Å². The van der Waals surface area contributed by atoms with Gasteiger partial charge in [0, 0.05) is 6.92 Å². The van der Waals surface area contributed by atoms with Gasteiger partial charge < -0.3 is 50.1 Å². The molecule has 0 fully saturated rings. The van der Waals surface area contributed by atoms with E-state index in [1.54, 1.807) is 12.1 Å². The van der Waals surface area contributed by atoms with Gasteiger partial charge in [0.1, 0.15) is 42.3 Å². The molecule has 4 atom stereocenters. The third-order valence-corrected chi connectivity index (χ3v) is 3.65. The van der Waals surface area contributed by atoms with Crippen LogP contribution in [0.5, 0.6) is 5.75 Å². The summed E-state index contributed by atoms with van der Waals surface area (Å²) < 4.78 is 5.53.